The quantitative estimate of drug-likeness (QED) is 0.391. The number of methoxy groups -OCH3 is 1. The van der Waals surface area contributed by atoms with E-state index in [2.05, 4.69) is 5.32 Å². The number of sulfonamides is 1. The molecule has 1 N–H and O–H groups in total. The number of likely N-dealkylation sites (N-methyl/N-ethyl adjacent to an activating group) is 1. The van der Waals surface area contributed by atoms with E-state index in [1.54, 1.807) is 49.4 Å². The predicted molar refractivity (Wildman–Crippen MR) is 144 cm³/mol. The molecule has 0 fully saturated rings. The van der Waals surface area contributed by atoms with Gasteiger partial charge >= 0.3 is 0 Å². The number of rotatable bonds is 13. The number of para-hydroxylation sites is 2. The van der Waals surface area contributed by atoms with Crippen LogP contribution >= 0.6 is 23.2 Å². The van der Waals surface area contributed by atoms with Crippen LogP contribution in [0.5, 0.6) is 5.75 Å². The molecule has 0 saturated carbocycles. The number of hydrogen-bond acceptors (Lipinski definition) is 5. The highest BCUT2D eigenvalue weighted by atomic mass is 35.5. The van der Waals surface area contributed by atoms with Gasteiger partial charge in [-0.2, -0.15) is 0 Å². The van der Waals surface area contributed by atoms with Crippen molar-refractivity contribution < 1.29 is 22.7 Å². The lowest BCUT2D eigenvalue weighted by Gasteiger charge is -2.31. The van der Waals surface area contributed by atoms with Gasteiger partial charge in [-0.15, -0.1) is 0 Å². The molecule has 0 saturated heterocycles. The molecule has 2 amide bonds. The van der Waals surface area contributed by atoms with E-state index in [0.29, 0.717) is 40.0 Å². The van der Waals surface area contributed by atoms with Gasteiger partial charge < -0.3 is 15.0 Å². The summed E-state index contributed by atoms with van der Waals surface area (Å²) in [5, 5.41) is 3.56. The average Bonchev–Trinajstić information content (AvgIpc) is 2.82. The van der Waals surface area contributed by atoms with Crippen LogP contribution in [0.2, 0.25) is 10.0 Å². The first-order chi connectivity index (χ1) is 17.0. The van der Waals surface area contributed by atoms with E-state index in [4.69, 9.17) is 27.9 Å². The normalized spacial score (nSPS) is 12.1. The topological polar surface area (TPSA) is 96.0 Å². The zero-order valence-corrected chi connectivity index (χ0v) is 23.3. The van der Waals surface area contributed by atoms with Gasteiger partial charge in [0.25, 0.3) is 0 Å². The highest BCUT2D eigenvalue weighted by molar-refractivity contribution is 7.92. The van der Waals surface area contributed by atoms with Crippen LogP contribution in [0, 0.1) is 0 Å². The summed E-state index contributed by atoms with van der Waals surface area (Å²) in [5.74, 6) is -0.174. The van der Waals surface area contributed by atoms with Crippen molar-refractivity contribution in [1.82, 2.24) is 10.2 Å². The third-order valence-electron chi connectivity index (χ3n) is 5.63. The van der Waals surface area contributed by atoms with E-state index < -0.39 is 16.1 Å². The molecule has 1 atom stereocenters. The number of hydrogen-bond donors (Lipinski definition) is 1. The van der Waals surface area contributed by atoms with E-state index in [1.165, 1.54) is 16.3 Å². The van der Waals surface area contributed by atoms with Crippen LogP contribution in [0.1, 0.15) is 38.7 Å². The molecule has 11 heteroatoms. The maximum absolute atomic E-state index is 13.4. The molecular weight excluding hydrogens is 525 g/mol. The minimum Gasteiger partial charge on any atom is -0.495 e. The molecule has 8 nitrogen and oxygen atoms in total. The molecule has 36 heavy (non-hydrogen) atoms. The van der Waals surface area contributed by atoms with Gasteiger partial charge in [0.05, 0.1) is 19.1 Å². The van der Waals surface area contributed by atoms with Gasteiger partial charge in [-0.05, 0) is 44.0 Å². The molecule has 2 rings (SSSR count). The summed E-state index contributed by atoms with van der Waals surface area (Å²) >= 11 is 12.7. The molecule has 0 aliphatic heterocycles. The molecule has 0 aliphatic carbocycles. The Morgan fingerprint density at radius 2 is 1.69 bits per heavy atom. The highest BCUT2D eigenvalue weighted by Crippen LogP contribution is 2.30. The van der Waals surface area contributed by atoms with Crippen molar-refractivity contribution in [2.45, 2.75) is 45.7 Å². The summed E-state index contributed by atoms with van der Waals surface area (Å²) < 4.78 is 31.6. The Balaban J connectivity index is 2.28. The number of nitrogens with one attached hydrogen (secondary N) is 1. The minimum absolute atomic E-state index is 0.0130. The molecule has 2 aromatic carbocycles. The Hall–Kier alpha value is -2.49. The highest BCUT2D eigenvalue weighted by Gasteiger charge is 2.30. The van der Waals surface area contributed by atoms with E-state index in [0.717, 1.165) is 6.26 Å². The molecule has 2 aromatic rings. The Kier molecular flexibility index (Phi) is 11.3. The number of amides is 2. The van der Waals surface area contributed by atoms with Crippen molar-refractivity contribution in [2.24, 2.45) is 0 Å². The monoisotopic (exact) mass is 557 g/mol. The molecule has 0 aromatic heterocycles. The summed E-state index contributed by atoms with van der Waals surface area (Å²) in [4.78, 5) is 27.7. The summed E-state index contributed by atoms with van der Waals surface area (Å²) in [6, 6.07) is 11.1. The van der Waals surface area contributed by atoms with Crippen molar-refractivity contribution in [3.8, 4) is 5.75 Å². The zero-order valence-electron chi connectivity index (χ0n) is 21.0. The Morgan fingerprint density at radius 3 is 2.25 bits per heavy atom. The smallest absolute Gasteiger partial charge is 0.242 e. The van der Waals surface area contributed by atoms with Gasteiger partial charge in [0.2, 0.25) is 21.8 Å². The maximum atomic E-state index is 13.4. The van der Waals surface area contributed by atoms with Gasteiger partial charge in [-0.25, -0.2) is 8.42 Å². The Morgan fingerprint density at radius 1 is 1.06 bits per heavy atom. The van der Waals surface area contributed by atoms with Crippen molar-refractivity contribution in [3.63, 3.8) is 0 Å². The average molecular weight is 559 g/mol. The van der Waals surface area contributed by atoms with Crippen LogP contribution in [0.4, 0.5) is 5.69 Å². The first-order valence-corrected chi connectivity index (χ1v) is 14.3. The zero-order chi connectivity index (χ0) is 26.9. The molecule has 0 bridgehead atoms. The second kappa shape index (κ2) is 13.7. The van der Waals surface area contributed by atoms with Gasteiger partial charge in [0.1, 0.15) is 11.8 Å². The summed E-state index contributed by atoms with van der Waals surface area (Å²) in [6.07, 6.45) is 1.73. The van der Waals surface area contributed by atoms with Crippen molar-refractivity contribution in [3.05, 3.63) is 58.1 Å². The fourth-order valence-electron chi connectivity index (χ4n) is 3.88. The van der Waals surface area contributed by atoms with E-state index in [1.807, 2.05) is 6.92 Å². The van der Waals surface area contributed by atoms with Crippen LogP contribution in [-0.4, -0.2) is 57.6 Å². The van der Waals surface area contributed by atoms with Crippen LogP contribution in [0.25, 0.3) is 0 Å². The Labute approximate surface area is 223 Å². The van der Waals surface area contributed by atoms with Crippen molar-refractivity contribution in [2.75, 3.05) is 30.8 Å². The number of anilines is 1. The second-order valence-corrected chi connectivity index (χ2v) is 10.9. The van der Waals surface area contributed by atoms with Crippen LogP contribution in [0.3, 0.4) is 0 Å². The maximum Gasteiger partial charge on any atom is 0.242 e. The number of carbonyl (C=O) groups excluding carboxylic acids is 2. The van der Waals surface area contributed by atoms with Crippen LogP contribution in [-0.2, 0) is 26.2 Å². The van der Waals surface area contributed by atoms with Crippen LogP contribution in [0.15, 0.2) is 42.5 Å². The molecule has 0 heterocycles. The first-order valence-electron chi connectivity index (χ1n) is 11.7. The third-order valence-corrected chi connectivity index (χ3v) is 7.52. The summed E-state index contributed by atoms with van der Waals surface area (Å²) in [7, 11) is -2.18. The Bertz CT molecular complexity index is 1140. The number of benzene rings is 2. The molecule has 0 unspecified atom stereocenters. The van der Waals surface area contributed by atoms with Crippen molar-refractivity contribution >= 4 is 50.7 Å². The predicted octanol–water partition coefficient (Wildman–Crippen LogP) is 4.49. The van der Waals surface area contributed by atoms with Crippen LogP contribution < -0.4 is 14.4 Å². The number of ether oxygens (including phenoxy) is 1. The summed E-state index contributed by atoms with van der Waals surface area (Å²) in [6.45, 7) is 4.16. The van der Waals surface area contributed by atoms with Gasteiger partial charge in [0, 0.05) is 41.7 Å². The van der Waals surface area contributed by atoms with E-state index in [-0.39, 0.29) is 37.7 Å². The fourth-order valence-corrected chi connectivity index (χ4v) is 5.37. The SMILES string of the molecule is CCNC(=O)[C@@H](CC)N(Cc1c(Cl)cccc1Cl)C(=O)CCCN(c1ccccc1OC)S(C)(=O)=O. The molecular formula is C25H33Cl2N3O5S. The number of carbonyl (C=O) groups is 2. The van der Waals surface area contributed by atoms with E-state index in [9.17, 15) is 18.0 Å². The summed E-state index contributed by atoms with van der Waals surface area (Å²) in [5.41, 5.74) is 0.937. The fraction of sp³-hybridized carbons (Fsp3) is 0.440. The third kappa shape index (κ3) is 7.75. The molecule has 0 aliphatic rings. The van der Waals surface area contributed by atoms with E-state index >= 15 is 0 Å². The standard InChI is InChI=1S/C25H33Cl2N3O5S/c1-5-21(25(32)28-6-2)29(17-18-19(26)11-9-12-20(18)27)24(31)15-10-16-30(36(4,33)34)22-13-7-8-14-23(22)35-3/h7-9,11-14,21H,5-6,10,15-17H2,1-4H3,(H,28,32)/t21-/m1/s1. The lowest BCUT2D eigenvalue weighted by Crippen LogP contribution is -2.49. The number of nitrogens with zero attached hydrogens (tertiary/aromatic N) is 2. The number of halogens is 2. The lowest BCUT2D eigenvalue weighted by atomic mass is 10.1. The largest absolute Gasteiger partial charge is 0.495 e. The second-order valence-electron chi connectivity index (χ2n) is 8.15. The molecule has 0 spiro atoms. The van der Waals surface area contributed by atoms with Crippen molar-refractivity contribution in [1.29, 1.82) is 0 Å². The first kappa shape index (κ1) is 29.7. The van der Waals surface area contributed by atoms with Gasteiger partial charge in [-0.1, -0.05) is 48.3 Å². The molecule has 198 valence electrons. The minimum atomic E-state index is -3.64. The molecule has 0 radical (unpaired) electrons. The van der Waals surface area contributed by atoms with Gasteiger partial charge in [0.15, 0.2) is 0 Å². The van der Waals surface area contributed by atoms with Gasteiger partial charge in [-0.3, -0.25) is 13.9 Å². The lowest BCUT2D eigenvalue weighted by molar-refractivity contribution is -0.141.